The van der Waals surface area contributed by atoms with E-state index in [2.05, 4.69) is 45.9 Å². The molecule has 2 aromatic carbocycles. The van der Waals surface area contributed by atoms with E-state index in [0.29, 0.717) is 53.0 Å². The summed E-state index contributed by atoms with van der Waals surface area (Å²) in [6.45, 7) is 16.0. The van der Waals surface area contributed by atoms with Gasteiger partial charge in [0.1, 0.15) is 29.9 Å². The van der Waals surface area contributed by atoms with Crippen LogP contribution >= 0.6 is 0 Å². The Morgan fingerprint density at radius 2 is 1.86 bits per heavy atom. The molecule has 1 atom stereocenters. The Labute approximate surface area is 249 Å². The lowest BCUT2D eigenvalue weighted by molar-refractivity contribution is -0.118. The van der Waals surface area contributed by atoms with Gasteiger partial charge < -0.3 is 14.6 Å². The first-order valence-corrected chi connectivity index (χ1v) is 14.8. The second kappa shape index (κ2) is 18.1. The molecular formula is C32H46F2N6O2. The molecular weight excluding hydrogens is 538 g/mol. The number of nitrogens with one attached hydrogen (secondary N) is 1. The van der Waals surface area contributed by atoms with E-state index in [1.807, 2.05) is 20.8 Å². The third-order valence-corrected chi connectivity index (χ3v) is 6.80. The minimum Gasteiger partial charge on any atom is -0.356 e. The highest BCUT2D eigenvalue weighted by atomic mass is 19.1. The van der Waals surface area contributed by atoms with Crippen LogP contribution in [-0.4, -0.2) is 60.9 Å². The van der Waals surface area contributed by atoms with Gasteiger partial charge in [-0.2, -0.15) is 5.48 Å². The van der Waals surface area contributed by atoms with Crippen molar-refractivity contribution in [3.8, 4) is 11.1 Å². The van der Waals surface area contributed by atoms with Crippen molar-refractivity contribution in [2.24, 2.45) is 10.9 Å². The number of rotatable bonds is 11. The van der Waals surface area contributed by atoms with Gasteiger partial charge in [0.15, 0.2) is 0 Å². The second-order valence-electron chi connectivity index (χ2n) is 9.91. The Bertz CT molecular complexity index is 1270. The van der Waals surface area contributed by atoms with Gasteiger partial charge in [-0.15, -0.1) is 0 Å². The molecule has 3 aromatic rings. The first-order valence-electron chi connectivity index (χ1n) is 14.8. The van der Waals surface area contributed by atoms with Crippen molar-refractivity contribution in [2.75, 3.05) is 31.6 Å². The Hall–Kier alpha value is -3.50. The quantitative estimate of drug-likeness (QED) is 0.152. The van der Waals surface area contributed by atoms with Crippen molar-refractivity contribution in [3.63, 3.8) is 0 Å². The monoisotopic (exact) mass is 584 g/mol. The maximum atomic E-state index is 15.0. The number of nitrogens with zero attached hydrogens (tertiary/aromatic N) is 5. The predicted molar refractivity (Wildman–Crippen MR) is 167 cm³/mol. The van der Waals surface area contributed by atoms with Crippen molar-refractivity contribution in [1.82, 2.24) is 20.3 Å². The van der Waals surface area contributed by atoms with Crippen LogP contribution in [0, 0.1) is 17.6 Å². The first-order chi connectivity index (χ1) is 20.4. The van der Waals surface area contributed by atoms with E-state index < -0.39 is 11.6 Å². The van der Waals surface area contributed by atoms with Crippen LogP contribution in [0.2, 0.25) is 0 Å². The van der Waals surface area contributed by atoms with E-state index in [1.54, 1.807) is 19.2 Å². The molecule has 1 aliphatic rings. The normalized spacial score (nSPS) is 13.9. The lowest BCUT2D eigenvalue weighted by Crippen LogP contribution is -2.42. The lowest BCUT2D eigenvalue weighted by Gasteiger charge is -2.35. The highest BCUT2D eigenvalue weighted by Gasteiger charge is 2.27. The molecule has 230 valence electrons. The third-order valence-electron chi connectivity index (χ3n) is 6.80. The van der Waals surface area contributed by atoms with Gasteiger partial charge in [0.25, 0.3) is 0 Å². The summed E-state index contributed by atoms with van der Waals surface area (Å²) in [6.07, 6.45) is 5.68. The number of carbonyl (C=O) groups excluding carboxylic acids is 1. The molecule has 0 spiro atoms. The summed E-state index contributed by atoms with van der Waals surface area (Å²) in [7, 11) is 1.55. The van der Waals surface area contributed by atoms with Crippen molar-refractivity contribution in [1.29, 1.82) is 0 Å². The average molecular weight is 585 g/mol. The standard InChI is InChI=1S/C27H32F2N6O2.C3H8.C2H6/c1-4-9-34(17-36)15-20-6-5-19(12-24(20)29)22-13-21(28)14-23-25(22)31-16-32-27(23)35-10-7-18(8-11-35)26(30-2)33-37-3;1-3-2;1-2/h5-6,12-14,16-18,26,33H,2,4,7-11,15H2,1,3H3;3H2,1-2H3;1-2H3. The van der Waals surface area contributed by atoms with Crippen LogP contribution in [0.1, 0.15) is 65.9 Å². The summed E-state index contributed by atoms with van der Waals surface area (Å²) in [6, 6.07) is 7.54. The van der Waals surface area contributed by atoms with Crippen LogP contribution in [0.25, 0.3) is 22.0 Å². The van der Waals surface area contributed by atoms with E-state index >= 15 is 4.39 Å². The van der Waals surface area contributed by atoms with Crippen molar-refractivity contribution < 1.29 is 18.4 Å². The molecule has 1 amide bonds. The fourth-order valence-corrected chi connectivity index (χ4v) is 4.94. The van der Waals surface area contributed by atoms with Gasteiger partial charge in [-0.1, -0.05) is 53.2 Å². The summed E-state index contributed by atoms with van der Waals surface area (Å²) in [5.74, 6) is -0.00849. The van der Waals surface area contributed by atoms with E-state index in [0.717, 1.165) is 25.7 Å². The number of aromatic nitrogens is 2. The number of benzene rings is 2. The largest absolute Gasteiger partial charge is 0.356 e. The fraction of sp³-hybridized carbons (Fsp3) is 0.500. The number of hydroxylamine groups is 1. The average Bonchev–Trinajstić information content (AvgIpc) is 3.01. The van der Waals surface area contributed by atoms with Gasteiger partial charge in [0, 0.05) is 42.7 Å². The molecule has 1 saturated heterocycles. The van der Waals surface area contributed by atoms with Crippen LogP contribution in [0.3, 0.4) is 0 Å². The number of hydrogen-bond acceptors (Lipinski definition) is 7. The maximum Gasteiger partial charge on any atom is 0.210 e. The van der Waals surface area contributed by atoms with Gasteiger partial charge in [0.05, 0.1) is 12.6 Å². The third kappa shape index (κ3) is 9.00. The minimum atomic E-state index is -0.454. The molecule has 2 heterocycles. The number of aliphatic imine (C=N–C) groups is 1. The van der Waals surface area contributed by atoms with Crippen molar-refractivity contribution in [3.05, 3.63) is 53.9 Å². The minimum absolute atomic E-state index is 0.178. The lowest BCUT2D eigenvalue weighted by atomic mass is 9.93. The molecule has 10 heteroatoms. The SMILES string of the molecule is C=NC(NOC)C1CCN(c2ncnc3c(-c4ccc(CN(C=O)CCC)c(F)c4)cc(F)cc23)CC1.CC.CCC. The second-order valence-corrected chi connectivity index (χ2v) is 9.91. The molecule has 1 aromatic heterocycles. The Kier molecular flexibility index (Phi) is 15.0. The van der Waals surface area contributed by atoms with Crippen molar-refractivity contribution >= 4 is 29.8 Å². The topological polar surface area (TPSA) is 83.0 Å². The predicted octanol–water partition coefficient (Wildman–Crippen LogP) is 6.78. The van der Waals surface area contributed by atoms with E-state index in [-0.39, 0.29) is 18.6 Å². The molecule has 0 bridgehead atoms. The molecule has 0 aliphatic carbocycles. The van der Waals surface area contributed by atoms with E-state index in [1.165, 1.54) is 35.8 Å². The molecule has 42 heavy (non-hydrogen) atoms. The van der Waals surface area contributed by atoms with Gasteiger partial charge in [-0.25, -0.2) is 18.7 Å². The highest BCUT2D eigenvalue weighted by Crippen LogP contribution is 2.35. The summed E-state index contributed by atoms with van der Waals surface area (Å²) in [4.78, 5) is 33.0. The number of anilines is 1. The Balaban J connectivity index is 0.00000116. The van der Waals surface area contributed by atoms with Gasteiger partial charge in [-0.3, -0.25) is 9.79 Å². The Morgan fingerprint density at radius 1 is 1.17 bits per heavy atom. The van der Waals surface area contributed by atoms with Crippen molar-refractivity contribution in [2.45, 2.75) is 73.0 Å². The molecule has 0 saturated carbocycles. The van der Waals surface area contributed by atoms with Crippen LogP contribution in [0.5, 0.6) is 0 Å². The Morgan fingerprint density at radius 3 is 2.43 bits per heavy atom. The van der Waals surface area contributed by atoms with E-state index in [9.17, 15) is 9.18 Å². The van der Waals surface area contributed by atoms with Crippen LogP contribution in [-0.2, 0) is 16.2 Å². The van der Waals surface area contributed by atoms with E-state index in [4.69, 9.17) is 4.84 Å². The molecule has 1 fully saturated rings. The number of halogens is 2. The zero-order chi connectivity index (χ0) is 31.1. The smallest absolute Gasteiger partial charge is 0.210 e. The molecule has 1 unspecified atom stereocenters. The number of amides is 1. The fourth-order valence-electron chi connectivity index (χ4n) is 4.94. The van der Waals surface area contributed by atoms with Gasteiger partial charge in [0.2, 0.25) is 6.41 Å². The summed E-state index contributed by atoms with van der Waals surface area (Å²) in [5.41, 5.74) is 4.82. The molecule has 1 N–H and O–H groups in total. The summed E-state index contributed by atoms with van der Waals surface area (Å²) >= 11 is 0. The molecule has 1 aliphatic heterocycles. The van der Waals surface area contributed by atoms with Crippen LogP contribution in [0.15, 0.2) is 41.7 Å². The summed E-state index contributed by atoms with van der Waals surface area (Å²) in [5, 5.41) is 0.573. The molecule has 4 rings (SSSR count). The molecule has 0 radical (unpaired) electrons. The van der Waals surface area contributed by atoms with Crippen LogP contribution < -0.4 is 10.4 Å². The first kappa shape index (κ1) is 34.7. The maximum absolute atomic E-state index is 15.0. The number of piperidine rings is 1. The highest BCUT2D eigenvalue weighted by molar-refractivity contribution is 5.99. The number of hydrogen-bond donors (Lipinski definition) is 1. The zero-order valence-corrected chi connectivity index (χ0v) is 25.9. The van der Waals surface area contributed by atoms with Crippen LogP contribution in [0.4, 0.5) is 14.6 Å². The zero-order valence-electron chi connectivity index (χ0n) is 25.9. The number of fused-ring (bicyclic) bond motifs is 1. The number of carbonyl (C=O) groups is 1. The summed E-state index contributed by atoms with van der Waals surface area (Å²) < 4.78 is 29.9. The van der Waals surface area contributed by atoms with Gasteiger partial charge in [-0.05, 0) is 55.7 Å². The molecule has 8 nitrogen and oxygen atoms in total. The van der Waals surface area contributed by atoms with Gasteiger partial charge >= 0.3 is 0 Å².